The fourth-order valence-electron chi connectivity index (χ4n) is 3.33. The Morgan fingerprint density at radius 3 is 2.32 bits per heavy atom. The van der Waals surface area contributed by atoms with Crippen molar-refractivity contribution in [3.8, 4) is 0 Å². The van der Waals surface area contributed by atoms with Crippen molar-refractivity contribution in [1.29, 1.82) is 0 Å². The van der Waals surface area contributed by atoms with Crippen molar-refractivity contribution in [2.24, 2.45) is 0 Å². The van der Waals surface area contributed by atoms with E-state index in [-0.39, 0.29) is 12.6 Å². The lowest BCUT2D eigenvalue weighted by atomic mass is 10.1. The first-order valence-corrected chi connectivity index (χ1v) is 10.2. The zero-order valence-corrected chi connectivity index (χ0v) is 19.0. The fourth-order valence-corrected chi connectivity index (χ4v) is 3.60. The number of rotatable bonds is 4. The zero-order chi connectivity index (χ0) is 21.3. The van der Waals surface area contributed by atoms with E-state index in [9.17, 15) is 14.8 Å². The standard InChI is InChI=1S/C20H30BrN3O4/c1-7-24(27,16-10-8-14(21)9-11-16)18(25)17-12-15(22(5)6)13-23(17)19(26)28-20(2,3)4/h8-11,15,17H,7,12-13H2,1-6H3/t15-,17-,24?/m0/s1. The summed E-state index contributed by atoms with van der Waals surface area (Å²) in [4.78, 5) is 29.6. The van der Waals surface area contributed by atoms with E-state index in [4.69, 9.17) is 4.74 Å². The molecule has 7 nitrogen and oxygen atoms in total. The highest BCUT2D eigenvalue weighted by Gasteiger charge is 2.48. The fraction of sp³-hybridized carbons (Fsp3) is 0.600. The van der Waals surface area contributed by atoms with Gasteiger partial charge in [-0.2, -0.15) is 0 Å². The number of hydrogen-bond acceptors (Lipinski definition) is 5. The predicted octanol–water partition coefficient (Wildman–Crippen LogP) is 3.74. The van der Waals surface area contributed by atoms with Gasteiger partial charge in [-0.25, -0.2) is 9.59 Å². The molecule has 2 amide bonds. The van der Waals surface area contributed by atoms with Crippen LogP contribution in [-0.4, -0.2) is 66.7 Å². The van der Waals surface area contributed by atoms with Crippen LogP contribution in [0.5, 0.6) is 0 Å². The van der Waals surface area contributed by atoms with Gasteiger partial charge < -0.3 is 14.8 Å². The Balaban J connectivity index is 2.37. The minimum Gasteiger partial charge on any atom is -0.620 e. The van der Waals surface area contributed by atoms with Crippen molar-refractivity contribution in [3.05, 3.63) is 33.9 Å². The first-order valence-electron chi connectivity index (χ1n) is 9.44. The molecule has 0 saturated carbocycles. The Bertz CT molecular complexity index is 717. The second-order valence-corrected chi connectivity index (χ2v) is 9.29. The van der Waals surface area contributed by atoms with E-state index in [0.717, 1.165) is 4.47 Å². The van der Waals surface area contributed by atoms with Crippen LogP contribution in [0.1, 0.15) is 34.1 Å². The zero-order valence-electron chi connectivity index (χ0n) is 17.4. The summed E-state index contributed by atoms with van der Waals surface area (Å²) in [6, 6.07) is 5.93. The third-order valence-electron chi connectivity index (χ3n) is 4.97. The van der Waals surface area contributed by atoms with Crippen molar-refractivity contribution < 1.29 is 14.3 Å². The molecule has 1 aliphatic heterocycles. The highest BCUT2D eigenvalue weighted by molar-refractivity contribution is 9.10. The number of ether oxygens (including phenoxy) is 1. The first-order chi connectivity index (χ1) is 12.9. The highest BCUT2D eigenvalue weighted by atomic mass is 79.9. The Morgan fingerprint density at radius 2 is 1.86 bits per heavy atom. The Morgan fingerprint density at radius 1 is 1.29 bits per heavy atom. The predicted molar refractivity (Wildman–Crippen MR) is 114 cm³/mol. The molecule has 0 radical (unpaired) electrons. The van der Waals surface area contributed by atoms with Gasteiger partial charge in [0.2, 0.25) is 0 Å². The van der Waals surface area contributed by atoms with E-state index in [1.165, 1.54) is 4.90 Å². The van der Waals surface area contributed by atoms with Crippen molar-refractivity contribution in [1.82, 2.24) is 14.4 Å². The molecule has 1 aromatic rings. The van der Waals surface area contributed by atoms with Crippen molar-refractivity contribution in [3.63, 3.8) is 0 Å². The number of nitrogens with zero attached hydrogens (tertiary/aromatic N) is 3. The van der Waals surface area contributed by atoms with Crippen LogP contribution in [0.15, 0.2) is 28.7 Å². The first kappa shape index (κ1) is 22.8. The number of carbonyl (C=O) groups excluding carboxylic acids is 2. The minimum absolute atomic E-state index is 0.0170. The van der Waals surface area contributed by atoms with Crippen molar-refractivity contribution in [2.75, 3.05) is 27.2 Å². The van der Waals surface area contributed by atoms with Gasteiger partial charge in [0, 0.05) is 29.2 Å². The number of halogens is 1. The van der Waals surface area contributed by atoms with E-state index in [1.54, 1.807) is 52.0 Å². The summed E-state index contributed by atoms with van der Waals surface area (Å²) < 4.78 is 5.21. The summed E-state index contributed by atoms with van der Waals surface area (Å²) in [5, 5.41) is 13.6. The van der Waals surface area contributed by atoms with Gasteiger partial charge in [0.25, 0.3) is 0 Å². The molecule has 1 fully saturated rings. The van der Waals surface area contributed by atoms with Crippen LogP contribution < -0.4 is 4.65 Å². The molecule has 0 N–H and O–H groups in total. The Kier molecular flexibility index (Phi) is 6.91. The van der Waals surface area contributed by atoms with Gasteiger partial charge in [-0.05, 0) is 60.3 Å². The minimum atomic E-state index is -1.11. The number of carbonyl (C=O) groups is 2. The number of quaternary nitrogens is 1. The van der Waals surface area contributed by atoms with Gasteiger partial charge >= 0.3 is 12.0 Å². The number of likely N-dealkylation sites (N-methyl/N-ethyl adjacent to an activating group) is 2. The molecule has 0 aliphatic carbocycles. The summed E-state index contributed by atoms with van der Waals surface area (Å²) >= 11 is 3.35. The smallest absolute Gasteiger partial charge is 0.411 e. The SMILES string of the molecule is CC[N+]([O-])(C(=O)[C@@H]1C[C@H](N(C)C)CN1C(=O)OC(C)(C)C)c1ccc(Br)cc1. The topological polar surface area (TPSA) is 72.9 Å². The molecule has 1 aliphatic rings. The average molecular weight is 456 g/mol. The summed E-state index contributed by atoms with van der Waals surface area (Å²) in [6.07, 6.45) is -0.155. The summed E-state index contributed by atoms with van der Waals surface area (Å²) in [5.74, 6) is -0.542. The van der Waals surface area contributed by atoms with Gasteiger partial charge in [0.1, 0.15) is 11.3 Å². The molecule has 156 valence electrons. The molecule has 0 bridgehead atoms. The molecule has 8 heteroatoms. The van der Waals surface area contributed by atoms with E-state index in [1.807, 2.05) is 19.0 Å². The maximum atomic E-state index is 13.6. The van der Waals surface area contributed by atoms with Gasteiger partial charge in [-0.15, -0.1) is 0 Å². The van der Waals surface area contributed by atoms with Gasteiger partial charge in [-0.3, -0.25) is 9.55 Å². The normalized spacial score (nSPS) is 22.2. The quantitative estimate of drug-likeness (QED) is 0.510. The van der Waals surface area contributed by atoms with E-state index >= 15 is 0 Å². The van der Waals surface area contributed by atoms with Crippen molar-refractivity contribution in [2.45, 2.75) is 51.8 Å². The largest absolute Gasteiger partial charge is 0.620 e. The molecule has 1 unspecified atom stereocenters. The lowest BCUT2D eigenvalue weighted by Crippen LogP contribution is -2.57. The second kappa shape index (κ2) is 8.49. The van der Waals surface area contributed by atoms with Crippen LogP contribution in [0.4, 0.5) is 10.5 Å². The highest BCUT2D eigenvalue weighted by Crippen LogP contribution is 2.31. The van der Waals surface area contributed by atoms with Crippen LogP contribution in [0.2, 0.25) is 0 Å². The summed E-state index contributed by atoms with van der Waals surface area (Å²) in [7, 11) is 3.80. The second-order valence-electron chi connectivity index (χ2n) is 8.37. The van der Waals surface area contributed by atoms with Crippen LogP contribution >= 0.6 is 15.9 Å². The molecule has 28 heavy (non-hydrogen) atoms. The molecule has 3 atom stereocenters. The van der Waals surface area contributed by atoms with Crippen LogP contribution in [0.3, 0.4) is 0 Å². The van der Waals surface area contributed by atoms with Crippen LogP contribution in [-0.2, 0) is 9.53 Å². The van der Waals surface area contributed by atoms with Crippen LogP contribution in [0.25, 0.3) is 0 Å². The molecular formula is C20H30BrN3O4. The maximum absolute atomic E-state index is 13.6. The lowest BCUT2D eigenvalue weighted by molar-refractivity contribution is -0.132. The lowest BCUT2D eigenvalue weighted by Gasteiger charge is -2.41. The molecule has 0 spiro atoms. The van der Waals surface area contributed by atoms with E-state index in [0.29, 0.717) is 18.7 Å². The molecule has 1 saturated heterocycles. The summed E-state index contributed by atoms with van der Waals surface area (Å²) in [6.45, 7) is 7.42. The maximum Gasteiger partial charge on any atom is 0.411 e. The molecule has 2 rings (SSSR count). The Hall–Kier alpha value is -1.48. The monoisotopic (exact) mass is 455 g/mol. The van der Waals surface area contributed by atoms with Crippen LogP contribution in [0, 0.1) is 5.21 Å². The number of hydroxylamine groups is 2. The molecule has 0 aromatic heterocycles. The summed E-state index contributed by atoms with van der Waals surface area (Å²) in [5.41, 5.74) is -0.325. The average Bonchev–Trinajstić information content (AvgIpc) is 3.05. The number of benzene rings is 1. The number of hydrogen-bond donors (Lipinski definition) is 0. The Labute approximate surface area is 175 Å². The van der Waals surface area contributed by atoms with E-state index in [2.05, 4.69) is 15.9 Å². The number of likely N-dealkylation sites (tertiary alicyclic amines) is 1. The van der Waals surface area contributed by atoms with Gasteiger partial charge in [-0.1, -0.05) is 15.9 Å². The van der Waals surface area contributed by atoms with Crippen molar-refractivity contribution >= 4 is 33.6 Å². The third kappa shape index (κ3) is 4.92. The molecule has 1 aromatic carbocycles. The van der Waals surface area contributed by atoms with E-state index < -0.39 is 28.3 Å². The van der Waals surface area contributed by atoms with Gasteiger partial charge in [0.15, 0.2) is 6.04 Å². The van der Waals surface area contributed by atoms with Gasteiger partial charge in [0.05, 0.1) is 6.54 Å². The molecular weight excluding hydrogens is 426 g/mol. The number of amides is 2. The third-order valence-corrected chi connectivity index (χ3v) is 5.50. The molecule has 1 heterocycles.